The minimum absolute atomic E-state index is 0.0479. The normalized spacial score (nSPS) is 11.4. The lowest BCUT2D eigenvalue weighted by Gasteiger charge is -2.17. The third-order valence-electron chi connectivity index (χ3n) is 4.36. The molecule has 0 fully saturated rings. The van der Waals surface area contributed by atoms with Crippen LogP contribution < -0.4 is 10.0 Å². The standard InChI is InChI=1S/C22H27N3O4S/c1-3-19-11-7-8-12-20(19)24-21(26)17-25(2)22(27)13-15-23-30(28,29)16-14-18-9-5-4-6-10-18/h4-12,14,16,23H,3,13,15,17H2,1-2H3,(H,24,26)/b16-14+. The SMILES string of the molecule is CCc1ccccc1NC(=O)CN(C)C(=O)CCNS(=O)(=O)/C=C/c1ccccc1. The number of hydrogen-bond donors (Lipinski definition) is 2. The van der Waals surface area contributed by atoms with Gasteiger partial charge in [0.15, 0.2) is 0 Å². The Morgan fingerprint density at radius 1 is 1.03 bits per heavy atom. The maximum Gasteiger partial charge on any atom is 0.243 e. The minimum Gasteiger partial charge on any atom is -0.336 e. The molecule has 0 aliphatic carbocycles. The quantitative estimate of drug-likeness (QED) is 0.607. The summed E-state index contributed by atoms with van der Waals surface area (Å²) in [6, 6.07) is 16.5. The van der Waals surface area contributed by atoms with E-state index in [0.29, 0.717) is 0 Å². The Kier molecular flexibility index (Phi) is 8.76. The summed E-state index contributed by atoms with van der Waals surface area (Å²) in [5.74, 6) is -0.637. The van der Waals surface area contributed by atoms with Gasteiger partial charge in [-0.1, -0.05) is 55.5 Å². The van der Waals surface area contributed by atoms with Crippen LogP contribution in [0.5, 0.6) is 0 Å². The molecule has 2 aromatic carbocycles. The van der Waals surface area contributed by atoms with Crippen LogP contribution in [0.1, 0.15) is 24.5 Å². The van der Waals surface area contributed by atoms with Gasteiger partial charge < -0.3 is 10.2 Å². The summed E-state index contributed by atoms with van der Waals surface area (Å²) < 4.78 is 26.4. The molecule has 30 heavy (non-hydrogen) atoms. The number of nitrogens with zero attached hydrogens (tertiary/aromatic N) is 1. The van der Waals surface area contributed by atoms with E-state index in [2.05, 4.69) is 10.0 Å². The number of sulfonamides is 1. The van der Waals surface area contributed by atoms with Crippen LogP contribution in [0.25, 0.3) is 6.08 Å². The molecule has 0 radical (unpaired) electrons. The molecule has 0 aliphatic rings. The maximum atomic E-state index is 12.2. The molecule has 0 spiro atoms. The fourth-order valence-corrected chi connectivity index (χ4v) is 3.53. The summed E-state index contributed by atoms with van der Waals surface area (Å²) in [5, 5.41) is 3.87. The maximum absolute atomic E-state index is 12.2. The van der Waals surface area contributed by atoms with Gasteiger partial charge in [-0.05, 0) is 29.7 Å². The van der Waals surface area contributed by atoms with Crippen molar-refractivity contribution >= 4 is 33.6 Å². The number of benzene rings is 2. The number of para-hydroxylation sites is 1. The van der Waals surface area contributed by atoms with Crippen LogP contribution >= 0.6 is 0 Å². The van der Waals surface area contributed by atoms with Gasteiger partial charge in [0.2, 0.25) is 21.8 Å². The summed E-state index contributed by atoms with van der Waals surface area (Å²) in [6.07, 6.45) is 2.21. The van der Waals surface area contributed by atoms with E-state index in [1.165, 1.54) is 18.0 Å². The number of hydrogen-bond acceptors (Lipinski definition) is 4. The van der Waals surface area contributed by atoms with Gasteiger partial charge in [0.1, 0.15) is 0 Å². The number of rotatable bonds is 10. The molecule has 2 N–H and O–H groups in total. The highest BCUT2D eigenvalue weighted by Gasteiger charge is 2.15. The van der Waals surface area contributed by atoms with Crippen molar-refractivity contribution in [3.05, 3.63) is 71.1 Å². The first-order valence-electron chi connectivity index (χ1n) is 9.65. The molecule has 2 amide bonds. The number of carbonyl (C=O) groups excluding carboxylic acids is 2. The summed E-state index contributed by atoms with van der Waals surface area (Å²) in [5.41, 5.74) is 2.50. The molecule has 0 heterocycles. The number of nitrogens with one attached hydrogen (secondary N) is 2. The fourth-order valence-electron chi connectivity index (χ4n) is 2.72. The van der Waals surface area contributed by atoms with Gasteiger partial charge in [0, 0.05) is 31.1 Å². The molecule has 8 heteroatoms. The predicted molar refractivity (Wildman–Crippen MR) is 119 cm³/mol. The molecule has 0 aliphatic heterocycles. The second kappa shape index (κ2) is 11.3. The van der Waals surface area contributed by atoms with Gasteiger partial charge in [-0.15, -0.1) is 0 Å². The molecule has 160 valence electrons. The predicted octanol–water partition coefficient (Wildman–Crippen LogP) is 2.63. The summed E-state index contributed by atoms with van der Waals surface area (Å²) in [6.45, 7) is 1.83. The van der Waals surface area contributed by atoms with E-state index in [1.807, 2.05) is 49.4 Å². The van der Waals surface area contributed by atoms with Gasteiger partial charge in [-0.2, -0.15) is 0 Å². The first-order valence-corrected chi connectivity index (χ1v) is 11.2. The molecule has 0 saturated carbocycles. The first-order chi connectivity index (χ1) is 14.3. The minimum atomic E-state index is -3.65. The van der Waals surface area contributed by atoms with Gasteiger partial charge >= 0.3 is 0 Å². The third-order valence-corrected chi connectivity index (χ3v) is 5.46. The van der Waals surface area contributed by atoms with E-state index in [4.69, 9.17) is 0 Å². The highest BCUT2D eigenvalue weighted by Crippen LogP contribution is 2.15. The van der Waals surface area contributed by atoms with Crippen LogP contribution in [-0.4, -0.2) is 45.3 Å². The average molecular weight is 430 g/mol. The Bertz CT molecular complexity index is 988. The zero-order chi connectivity index (χ0) is 22.0. The topological polar surface area (TPSA) is 95.6 Å². The van der Waals surface area contributed by atoms with Gasteiger partial charge in [0.05, 0.1) is 6.54 Å². The largest absolute Gasteiger partial charge is 0.336 e. The van der Waals surface area contributed by atoms with Crippen LogP contribution in [0.4, 0.5) is 5.69 Å². The second-order valence-electron chi connectivity index (χ2n) is 6.71. The molecule has 2 rings (SSSR count). The Hall–Kier alpha value is -2.97. The van der Waals surface area contributed by atoms with Crippen molar-refractivity contribution in [1.29, 1.82) is 0 Å². The van der Waals surface area contributed by atoms with Gasteiger partial charge in [-0.25, -0.2) is 13.1 Å². The Morgan fingerprint density at radius 3 is 2.40 bits per heavy atom. The number of carbonyl (C=O) groups is 2. The lowest BCUT2D eigenvalue weighted by Crippen LogP contribution is -2.36. The molecule has 0 atom stereocenters. The third kappa shape index (κ3) is 7.81. The number of anilines is 1. The monoisotopic (exact) mass is 429 g/mol. The van der Waals surface area contributed by atoms with E-state index in [1.54, 1.807) is 12.1 Å². The van der Waals surface area contributed by atoms with E-state index in [0.717, 1.165) is 28.6 Å². The zero-order valence-corrected chi connectivity index (χ0v) is 18.0. The summed E-state index contributed by atoms with van der Waals surface area (Å²) in [7, 11) is -2.14. The van der Waals surface area contributed by atoms with Crippen molar-refractivity contribution in [2.45, 2.75) is 19.8 Å². The van der Waals surface area contributed by atoms with Crippen molar-refractivity contribution in [2.75, 3.05) is 25.5 Å². The van der Waals surface area contributed by atoms with Crippen molar-refractivity contribution < 1.29 is 18.0 Å². The lowest BCUT2D eigenvalue weighted by molar-refractivity contribution is -0.133. The Morgan fingerprint density at radius 2 is 1.70 bits per heavy atom. The number of aryl methyl sites for hydroxylation is 1. The van der Waals surface area contributed by atoms with Crippen LogP contribution in [0, 0.1) is 0 Å². The molecular formula is C22H27N3O4S. The summed E-state index contributed by atoms with van der Waals surface area (Å²) >= 11 is 0. The molecular weight excluding hydrogens is 402 g/mol. The smallest absolute Gasteiger partial charge is 0.243 e. The van der Waals surface area contributed by atoms with Crippen molar-refractivity contribution in [3.63, 3.8) is 0 Å². The summed E-state index contributed by atoms with van der Waals surface area (Å²) in [4.78, 5) is 25.7. The highest BCUT2D eigenvalue weighted by molar-refractivity contribution is 7.92. The average Bonchev–Trinajstić information content (AvgIpc) is 2.73. The molecule has 0 unspecified atom stereocenters. The van der Waals surface area contributed by atoms with E-state index in [9.17, 15) is 18.0 Å². The van der Waals surface area contributed by atoms with Crippen molar-refractivity contribution in [2.24, 2.45) is 0 Å². The number of amides is 2. The van der Waals surface area contributed by atoms with Crippen molar-refractivity contribution in [3.8, 4) is 0 Å². The second-order valence-corrected chi connectivity index (χ2v) is 8.36. The lowest BCUT2D eigenvalue weighted by atomic mass is 10.1. The molecule has 0 bridgehead atoms. The number of likely N-dealkylation sites (N-methyl/N-ethyl adjacent to an activating group) is 1. The first kappa shape index (κ1) is 23.3. The molecule has 0 saturated heterocycles. The molecule has 7 nitrogen and oxygen atoms in total. The highest BCUT2D eigenvalue weighted by atomic mass is 32.2. The van der Waals surface area contributed by atoms with Crippen LogP contribution in [-0.2, 0) is 26.0 Å². The van der Waals surface area contributed by atoms with E-state index in [-0.39, 0.29) is 31.3 Å². The van der Waals surface area contributed by atoms with Gasteiger partial charge in [-0.3, -0.25) is 9.59 Å². The van der Waals surface area contributed by atoms with E-state index >= 15 is 0 Å². The van der Waals surface area contributed by atoms with Crippen molar-refractivity contribution in [1.82, 2.24) is 9.62 Å². The molecule has 2 aromatic rings. The van der Waals surface area contributed by atoms with E-state index < -0.39 is 10.0 Å². The van der Waals surface area contributed by atoms with Gasteiger partial charge in [0.25, 0.3) is 0 Å². The van der Waals surface area contributed by atoms with Crippen LogP contribution in [0.2, 0.25) is 0 Å². The Balaban J connectivity index is 1.78. The Labute approximate surface area is 177 Å². The van der Waals surface area contributed by atoms with Crippen LogP contribution in [0.3, 0.4) is 0 Å². The zero-order valence-electron chi connectivity index (χ0n) is 17.2. The van der Waals surface area contributed by atoms with Crippen LogP contribution in [0.15, 0.2) is 60.0 Å². The fraction of sp³-hybridized carbons (Fsp3) is 0.273. The molecule has 0 aromatic heterocycles.